The lowest BCUT2D eigenvalue weighted by Crippen LogP contribution is -2.23. The zero-order chi connectivity index (χ0) is 18.4. The Kier molecular flexibility index (Phi) is 4.03. The standard InChI is InChI=1S/C19H14F2N2O2S/c1-22-17(18(24)26-19(22)25)13-10-23(16-5-3-2-4-12(13)16)9-11-6-7-14(20)15(21)8-11/h2-8,10,17H,9H2,1H3. The van der Waals surface area contributed by atoms with Gasteiger partial charge in [-0.05, 0) is 23.8 Å². The van der Waals surface area contributed by atoms with Crippen molar-refractivity contribution in [3.63, 3.8) is 0 Å². The van der Waals surface area contributed by atoms with Crippen molar-refractivity contribution in [3.05, 3.63) is 71.4 Å². The number of amides is 1. The quantitative estimate of drug-likeness (QED) is 0.687. The van der Waals surface area contributed by atoms with Crippen LogP contribution in [0.2, 0.25) is 0 Å². The summed E-state index contributed by atoms with van der Waals surface area (Å²) in [5.41, 5.74) is 2.19. The number of carbonyl (C=O) groups excluding carboxylic acids is 2. The molecule has 26 heavy (non-hydrogen) atoms. The third-order valence-electron chi connectivity index (χ3n) is 4.54. The summed E-state index contributed by atoms with van der Waals surface area (Å²) in [6, 6.07) is 10.7. The molecule has 0 N–H and O–H groups in total. The van der Waals surface area contributed by atoms with E-state index in [1.807, 2.05) is 35.0 Å². The molecule has 2 aromatic carbocycles. The van der Waals surface area contributed by atoms with Crippen molar-refractivity contribution in [1.82, 2.24) is 9.47 Å². The summed E-state index contributed by atoms with van der Waals surface area (Å²) in [5, 5.41) is 0.362. The summed E-state index contributed by atoms with van der Waals surface area (Å²) >= 11 is 0.704. The van der Waals surface area contributed by atoms with Crippen molar-refractivity contribution in [3.8, 4) is 0 Å². The lowest BCUT2D eigenvalue weighted by molar-refractivity contribution is -0.113. The maximum atomic E-state index is 13.5. The Hall–Kier alpha value is -2.67. The molecule has 0 bridgehead atoms. The van der Waals surface area contributed by atoms with Gasteiger partial charge >= 0.3 is 0 Å². The molecule has 1 atom stereocenters. The molecule has 0 radical (unpaired) electrons. The number of aromatic nitrogens is 1. The van der Waals surface area contributed by atoms with E-state index in [0.717, 1.165) is 28.6 Å². The van der Waals surface area contributed by atoms with Crippen molar-refractivity contribution >= 4 is 33.0 Å². The van der Waals surface area contributed by atoms with Gasteiger partial charge in [0.05, 0.1) is 0 Å². The van der Waals surface area contributed by atoms with E-state index >= 15 is 0 Å². The van der Waals surface area contributed by atoms with Gasteiger partial charge in [-0.3, -0.25) is 9.59 Å². The highest BCUT2D eigenvalue weighted by Gasteiger charge is 2.39. The van der Waals surface area contributed by atoms with Crippen molar-refractivity contribution < 1.29 is 18.4 Å². The molecule has 7 heteroatoms. The average molecular weight is 372 g/mol. The summed E-state index contributed by atoms with van der Waals surface area (Å²) in [5.74, 6) is -1.78. The van der Waals surface area contributed by atoms with E-state index in [9.17, 15) is 18.4 Å². The molecule has 4 nitrogen and oxygen atoms in total. The fourth-order valence-corrected chi connectivity index (χ4v) is 4.09. The summed E-state index contributed by atoms with van der Waals surface area (Å²) in [6.07, 6.45) is 1.81. The minimum absolute atomic E-state index is 0.215. The second kappa shape index (κ2) is 6.25. The van der Waals surface area contributed by atoms with E-state index in [4.69, 9.17) is 0 Å². The van der Waals surface area contributed by atoms with Gasteiger partial charge in [0.2, 0.25) is 5.12 Å². The number of benzene rings is 2. The highest BCUT2D eigenvalue weighted by atomic mass is 32.2. The summed E-state index contributed by atoms with van der Waals surface area (Å²) < 4.78 is 28.6. The molecule has 1 unspecified atom stereocenters. The predicted molar refractivity (Wildman–Crippen MR) is 95.9 cm³/mol. The van der Waals surface area contributed by atoms with E-state index in [1.54, 1.807) is 7.05 Å². The molecule has 1 amide bonds. The van der Waals surface area contributed by atoms with Gasteiger partial charge in [-0.2, -0.15) is 0 Å². The molecule has 2 heterocycles. The van der Waals surface area contributed by atoms with Crippen LogP contribution < -0.4 is 0 Å². The smallest absolute Gasteiger partial charge is 0.289 e. The number of nitrogens with zero attached hydrogens (tertiary/aromatic N) is 2. The number of thioether (sulfide) groups is 1. The van der Waals surface area contributed by atoms with Crippen LogP contribution in [0, 0.1) is 11.6 Å². The summed E-state index contributed by atoms with van der Waals surface area (Å²) in [4.78, 5) is 25.6. The van der Waals surface area contributed by atoms with Crippen LogP contribution in [-0.4, -0.2) is 26.9 Å². The molecule has 0 saturated carbocycles. The Bertz CT molecular complexity index is 1050. The maximum Gasteiger partial charge on any atom is 0.289 e. The zero-order valence-corrected chi connectivity index (χ0v) is 14.6. The Morgan fingerprint density at radius 1 is 1.08 bits per heavy atom. The summed E-state index contributed by atoms with van der Waals surface area (Å²) in [7, 11) is 1.60. The van der Waals surface area contributed by atoms with Crippen LogP contribution in [0.1, 0.15) is 17.2 Å². The van der Waals surface area contributed by atoms with Crippen LogP contribution in [-0.2, 0) is 11.3 Å². The van der Waals surface area contributed by atoms with Crippen LogP contribution in [0.5, 0.6) is 0 Å². The van der Waals surface area contributed by atoms with Gasteiger partial charge in [0.15, 0.2) is 11.6 Å². The lowest BCUT2D eigenvalue weighted by Gasteiger charge is -2.16. The van der Waals surface area contributed by atoms with Gasteiger partial charge in [0.25, 0.3) is 5.24 Å². The number of para-hydroxylation sites is 1. The molecule has 132 valence electrons. The van der Waals surface area contributed by atoms with Crippen molar-refractivity contribution in [2.24, 2.45) is 0 Å². The van der Waals surface area contributed by atoms with E-state index in [1.165, 1.54) is 11.0 Å². The molecule has 1 fully saturated rings. The fourth-order valence-electron chi connectivity index (χ4n) is 3.27. The second-order valence-corrected chi connectivity index (χ2v) is 7.13. The molecule has 0 aliphatic carbocycles. The number of halogens is 2. The van der Waals surface area contributed by atoms with E-state index in [2.05, 4.69) is 0 Å². The maximum absolute atomic E-state index is 13.5. The molecule has 1 aromatic heterocycles. The van der Waals surface area contributed by atoms with Gasteiger partial charge < -0.3 is 9.47 Å². The molecule has 1 saturated heterocycles. The first kappa shape index (κ1) is 16.8. The van der Waals surface area contributed by atoms with Crippen molar-refractivity contribution in [1.29, 1.82) is 0 Å². The third kappa shape index (κ3) is 2.68. The first-order chi connectivity index (χ1) is 12.5. The van der Waals surface area contributed by atoms with Gasteiger partial charge in [-0.25, -0.2) is 8.78 Å². The van der Waals surface area contributed by atoms with E-state index in [-0.39, 0.29) is 10.4 Å². The van der Waals surface area contributed by atoms with E-state index in [0.29, 0.717) is 23.9 Å². The molecule has 0 spiro atoms. The third-order valence-corrected chi connectivity index (χ3v) is 5.42. The number of carbonyl (C=O) groups is 2. The first-order valence-electron chi connectivity index (χ1n) is 7.96. The van der Waals surface area contributed by atoms with Crippen LogP contribution in [0.4, 0.5) is 13.6 Å². The van der Waals surface area contributed by atoms with Crippen LogP contribution >= 0.6 is 11.8 Å². The highest BCUT2D eigenvalue weighted by Crippen LogP contribution is 2.39. The fraction of sp³-hybridized carbons (Fsp3) is 0.158. The topological polar surface area (TPSA) is 42.3 Å². The van der Waals surface area contributed by atoms with Gasteiger partial charge in [0, 0.05) is 48.0 Å². The minimum atomic E-state index is -0.896. The van der Waals surface area contributed by atoms with Gasteiger partial charge in [-0.1, -0.05) is 24.3 Å². The minimum Gasteiger partial charge on any atom is -0.343 e. The average Bonchev–Trinajstić information content (AvgIpc) is 3.08. The largest absolute Gasteiger partial charge is 0.343 e. The number of likely N-dealkylation sites (N-methyl/N-ethyl adjacent to an activating group) is 1. The first-order valence-corrected chi connectivity index (χ1v) is 8.77. The molecule has 1 aliphatic rings. The van der Waals surface area contributed by atoms with E-state index < -0.39 is 17.7 Å². The van der Waals surface area contributed by atoms with Crippen molar-refractivity contribution in [2.75, 3.05) is 7.05 Å². The number of hydrogen-bond acceptors (Lipinski definition) is 3. The van der Waals surface area contributed by atoms with Crippen LogP contribution in [0.3, 0.4) is 0 Å². The normalized spacial score (nSPS) is 17.5. The van der Waals surface area contributed by atoms with Crippen molar-refractivity contribution in [2.45, 2.75) is 12.6 Å². The van der Waals surface area contributed by atoms with Crippen LogP contribution in [0.15, 0.2) is 48.7 Å². The molecule has 3 aromatic rings. The monoisotopic (exact) mass is 372 g/mol. The molecule has 1 aliphatic heterocycles. The van der Waals surface area contributed by atoms with Gasteiger partial charge in [0.1, 0.15) is 6.04 Å². The predicted octanol–water partition coefficient (Wildman–Crippen LogP) is 4.33. The lowest BCUT2D eigenvalue weighted by atomic mass is 10.1. The highest BCUT2D eigenvalue weighted by molar-refractivity contribution is 8.26. The van der Waals surface area contributed by atoms with Gasteiger partial charge in [-0.15, -0.1) is 0 Å². The second-order valence-electron chi connectivity index (χ2n) is 6.18. The molecular formula is C19H14F2N2O2S. The molecule has 4 rings (SSSR count). The Balaban J connectivity index is 1.80. The number of hydrogen-bond donors (Lipinski definition) is 0. The summed E-state index contributed by atoms with van der Waals surface area (Å²) in [6.45, 7) is 0.323. The SMILES string of the molecule is CN1C(=O)SC(=O)C1c1cn(Cc2ccc(F)c(F)c2)c2ccccc12. The Labute approximate surface area is 152 Å². The number of fused-ring (bicyclic) bond motifs is 1. The number of rotatable bonds is 3. The molecular weight excluding hydrogens is 358 g/mol. The zero-order valence-electron chi connectivity index (χ0n) is 13.8. The Morgan fingerprint density at radius 2 is 1.85 bits per heavy atom. The van der Waals surface area contributed by atoms with Crippen LogP contribution in [0.25, 0.3) is 10.9 Å². The Morgan fingerprint density at radius 3 is 2.54 bits per heavy atom.